The molecule has 2 aromatic rings. The highest BCUT2D eigenvalue weighted by molar-refractivity contribution is 5.45. The summed E-state index contributed by atoms with van der Waals surface area (Å²) in [6, 6.07) is 9.93. The summed E-state index contributed by atoms with van der Waals surface area (Å²) in [4.78, 5) is 2.09. The van der Waals surface area contributed by atoms with Crippen LogP contribution in [0.5, 0.6) is 0 Å². The Bertz CT molecular complexity index is 715. The predicted octanol–water partition coefficient (Wildman–Crippen LogP) is 4.04. The first-order valence-corrected chi connectivity index (χ1v) is 8.38. The molecule has 2 aliphatic rings. The zero-order valence-corrected chi connectivity index (χ0v) is 13.9. The van der Waals surface area contributed by atoms with Crippen molar-refractivity contribution in [2.24, 2.45) is 0 Å². The fourth-order valence-electron chi connectivity index (χ4n) is 4.14. The van der Waals surface area contributed by atoms with Crippen molar-refractivity contribution >= 4 is 0 Å². The molecule has 3 atom stereocenters. The summed E-state index contributed by atoms with van der Waals surface area (Å²) in [6.07, 6.45) is 1.39. The van der Waals surface area contributed by atoms with Crippen LogP contribution in [-0.2, 0) is 11.2 Å². The molecule has 1 aliphatic heterocycles. The minimum atomic E-state index is -0.246. The zero-order chi connectivity index (χ0) is 16.8. The van der Waals surface area contributed by atoms with Gasteiger partial charge in [-0.15, -0.1) is 0 Å². The molecule has 2 nitrogen and oxygen atoms in total. The normalized spacial score (nSPS) is 25.1. The maximum atomic E-state index is 13.9. The van der Waals surface area contributed by atoms with E-state index in [0.29, 0.717) is 6.42 Å². The van der Waals surface area contributed by atoms with Gasteiger partial charge in [0.2, 0.25) is 0 Å². The summed E-state index contributed by atoms with van der Waals surface area (Å²) >= 11 is 0. The van der Waals surface area contributed by atoms with Crippen LogP contribution in [0.1, 0.15) is 40.7 Å². The second-order valence-corrected chi connectivity index (χ2v) is 7.15. The molecule has 4 heteroatoms. The Morgan fingerprint density at radius 1 is 1.00 bits per heavy atom. The molecule has 0 aromatic heterocycles. The van der Waals surface area contributed by atoms with E-state index in [2.05, 4.69) is 4.90 Å². The molecule has 0 radical (unpaired) electrons. The van der Waals surface area contributed by atoms with Crippen molar-refractivity contribution < 1.29 is 13.5 Å². The quantitative estimate of drug-likeness (QED) is 0.824. The van der Waals surface area contributed by atoms with Crippen LogP contribution < -0.4 is 0 Å². The third-order valence-corrected chi connectivity index (χ3v) is 5.09. The van der Waals surface area contributed by atoms with Crippen LogP contribution in [0.25, 0.3) is 0 Å². The van der Waals surface area contributed by atoms with Crippen molar-refractivity contribution in [1.29, 1.82) is 0 Å². The number of fused-ring (bicyclic) bond motifs is 5. The van der Waals surface area contributed by atoms with E-state index in [0.717, 1.165) is 35.2 Å². The lowest BCUT2D eigenvalue weighted by Gasteiger charge is -2.20. The number of hydrogen-bond donors (Lipinski definition) is 0. The zero-order valence-electron chi connectivity index (χ0n) is 13.9. The average Bonchev–Trinajstić information content (AvgIpc) is 2.88. The fraction of sp³-hybridized carbons (Fsp3) is 0.400. The van der Waals surface area contributed by atoms with Gasteiger partial charge in [0, 0.05) is 12.5 Å². The number of likely N-dealkylation sites (N-methyl/N-ethyl adjacent to an activating group) is 1. The molecular weight excluding hydrogens is 308 g/mol. The standard InChI is InChI=1S/C20H21F2NO/c1-23(2)11-16-10-19-17-8-14(21)5-3-12(17)7-13-4-6-15(22)9-18(13)20(19)24-16/h3-6,8-9,16,19-20H,7,10-11H2,1-2H3. The van der Waals surface area contributed by atoms with Crippen molar-refractivity contribution in [3.63, 3.8) is 0 Å². The minimum Gasteiger partial charge on any atom is -0.368 e. The lowest BCUT2D eigenvalue weighted by Crippen LogP contribution is -2.25. The first kappa shape index (κ1) is 15.7. The molecule has 1 heterocycles. The van der Waals surface area contributed by atoms with Gasteiger partial charge in [-0.3, -0.25) is 0 Å². The maximum absolute atomic E-state index is 13.9. The molecular formula is C20H21F2NO. The molecule has 0 saturated carbocycles. The number of ether oxygens (including phenoxy) is 1. The summed E-state index contributed by atoms with van der Waals surface area (Å²) < 4.78 is 34.0. The van der Waals surface area contributed by atoms with E-state index >= 15 is 0 Å². The molecule has 4 rings (SSSR count). The number of nitrogens with zero attached hydrogens (tertiary/aromatic N) is 1. The lowest BCUT2D eigenvalue weighted by atomic mass is 9.87. The van der Waals surface area contributed by atoms with Gasteiger partial charge < -0.3 is 9.64 Å². The van der Waals surface area contributed by atoms with Crippen molar-refractivity contribution in [3.8, 4) is 0 Å². The first-order chi connectivity index (χ1) is 11.5. The van der Waals surface area contributed by atoms with Gasteiger partial charge in [-0.2, -0.15) is 0 Å². The lowest BCUT2D eigenvalue weighted by molar-refractivity contribution is 0.0270. The minimum absolute atomic E-state index is 0.0698. The molecule has 0 N–H and O–H groups in total. The Labute approximate surface area is 141 Å². The molecule has 0 bridgehead atoms. The average molecular weight is 329 g/mol. The van der Waals surface area contributed by atoms with Crippen LogP contribution >= 0.6 is 0 Å². The van der Waals surface area contributed by atoms with Crippen molar-refractivity contribution in [2.45, 2.75) is 31.0 Å². The van der Waals surface area contributed by atoms with E-state index in [1.54, 1.807) is 12.1 Å². The van der Waals surface area contributed by atoms with Crippen LogP contribution in [-0.4, -0.2) is 31.6 Å². The second kappa shape index (κ2) is 5.94. The maximum Gasteiger partial charge on any atom is 0.123 e. The largest absolute Gasteiger partial charge is 0.368 e. The van der Waals surface area contributed by atoms with Crippen molar-refractivity contribution in [1.82, 2.24) is 4.90 Å². The van der Waals surface area contributed by atoms with Crippen LogP contribution in [0.2, 0.25) is 0 Å². The number of hydrogen-bond acceptors (Lipinski definition) is 2. The summed E-state index contributed by atoms with van der Waals surface area (Å²) in [5.74, 6) is -0.395. The topological polar surface area (TPSA) is 12.5 Å². The smallest absolute Gasteiger partial charge is 0.123 e. The van der Waals surface area contributed by atoms with Crippen LogP contribution in [0.15, 0.2) is 36.4 Å². The first-order valence-electron chi connectivity index (χ1n) is 8.38. The Kier molecular flexibility index (Phi) is 3.89. The fourth-order valence-corrected chi connectivity index (χ4v) is 4.14. The van der Waals surface area contributed by atoms with Crippen LogP contribution in [0.4, 0.5) is 8.78 Å². The third-order valence-electron chi connectivity index (χ3n) is 5.09. The van der Waals surface area contributed by atoms with E-state index in [9.17, 15) is 8.78 Å². The molecule has 2 aromatic carbocycles. The second-order valence-electron chi connectivity index (χ2n) is 7.15. The number of halogens is 2. The van der Waals surface area contributed by atoms with Gasteiger partial charge >= 0.3 is 0 Å². The van der Waals surface area contributed by atoms with E-state index < -0.39 is 0 Å². The highest BCUT2D eigenvalue weighted by Gasteiger charge is 2.41. The molecule has 1 aliphatic carbocycles. The van der Waals surface area contributed by atoms with Crippen LogP contribution in [0.3, 0.4) is 0 Å². The summed E-state index contributed by atoms with van der Waals surface area (Å²) in [5.41, 5.74) is 4.11. The number of benzene rings is 2. The predicted molar refractivity (Wildman–Crippen MR) is 89.1 cm³/mol. The van der Waals surface area contributed by atoms with Gasteiger partial charge in [-0.1, -0.05) is 12.1 Å². The molecule has 0 amide bonds. The highest BCUT2D eigenvalue weighted by Crippen LogP contribution is 2.49. The molecule has 126 valence electrons. The van der Waals surface area contributed by atoms with E-state index in [4.69, 9.17) is 4.74 Å². The van der Waals surface area contributed by atoms with Gasteiger partial charge in [0.1, 0.15) is 11.6 Å². The van der Waals surface area contributed by atoms with Crippen molar-refractivity contribution in [2.75, 3.05) is 20.6 Å². The van der Waals surface area contributed by atoms with Gasteiger partial charge in [-0.25, -0.2) is 8.78 Å². The summed E-state index contributed by atoms with van der Waals surface area (Å²) in [6.45, 7) is 0.808. The molecule has 0 spiro atoms. The monoisotopic (exact) mass is 329 g/mol. The van der Waals surface area contributed by atoms with Gasteiger partial charge in [0.05, 0.1) is 12.2 Å². The highest BCUT2D eigenvalue weighted by atomic mass is 19.1. The number of rotatable bonds is 2. The van der Waals surface area contributed by atoms with Crippen molar-refractivity contribution in [3.05, 3.63) is 70.3 Å². The molecule has 1 fully saturated rings. The SMILES string of the molecule is CN(C)CC1CC2c3cc(F)ccc3Cc3ccc(F)cc3C2O1. The van der Waals surface area contributed by atoms with E-state index in [1.165, 1.54) is 12.1 Å². The van der Waals surface area contributed by atoms with Gasteiger partial charge in [0.15, 0.2) is 0 Å². The summed E-state index contributed by atoms with van der Waals surface area (Å²) in [7, 11) is 4.03. The van der Waals surface area contributed by atoms with E-state index in [1.807, 2.05) is 26.2 Å². The Morgan fingerprint density at radius 3 is 2.29 bits per heavy atom. The molecule has 24 heavy (non-hydrogen) atoms. The van der Waals surface area contributed by atoms with Gasteiger partial charge in [0.25, 0.3) is 0 Å². The Morgan fingerprint density at radius 2 is 1.62 bits per heavy atom. The molecule has 1 saturated heterocycles. The summed E-state index contributed by atoms with van der Waals surface area (Å²) in [5, 5.41) is 0. The molecule has 3 unspecified atom stereocenters. The third kappa shape index (κ3) is 2.74. The Hall–Kier alpha value is -1.78. The van der Waals surface area contributed by atoms with Crippen LogP contribution in [0, 0.1) is 11.6 Å². The Balaban J connectivity index is 1.82. The van der Waals surface area contributed by atoms with Gasteiger partial charge in [-0.05, 0) is 73.5 Å². The van der Waals surface area contributed by atoms with E-state index in [-0.39, 0.29) is 29.8 Å².